The first-order valence-corrected chi connectivity index (χ1v) is 12.1. The Morgan fingerprint density at radius 1 is 1.33 bits per heavy atom. The van der Waals surface area contributed by atoms with Gasteiger partial charge in [0, 0.05) is 17.4 Å². The summed E-state index contributed by atoms with van der Waals surface area (Å²) in [5.74, 6) is -1.89. The molecular weight excluding hydrogens is 461 g/mol. The molecule has 1 aliphatic heterocycles. The number of hydrogen-bond donors (Lipinski definition) is 3. The Balaban J connectivity index is 1.87. The predicted molar refractivity (Wildman–Crippen MR) is 135 cm³/mol. The number of halogens is 1. The van der Waals surface area contributed by atoms with Crippen molar-refractivity contribution in [3.05, 3.63) is 59.6 Å². The minimum absolute atomic E-state index is 0.0385. The Morgan fingerprint density at radius 3 is 2.81 bits per heavy atom. The smallest absolute Gasteiger partial charge is 0.268 e. The van der Waals surface area contributed by atoms with Crippen molar-refractivity contribution in [3.63, 3.8) is 0 Å². The van der Waals surface area contributed by atoms with Gasteiger partial charge in [-0.05, 0) is 50.3 Å². The lowest BCUT2D eigenvalue weighted by atomic mass is 10.00. The minimum Gasteiger partial charge on any atom is -0.351 e. The molecule has 0 radical (unpaired) electrons. The van der Waals surface area contributed by atoms with Crippen molar-refractivity contribution in [1.82, 2.24) is 20.5 Å². The molecule has 190 valence electrons. The normalized spacial score (nSPS) is 20.3. The molecule has 9 heteroatoms. The number of carbonyl (C=O) groups excluding carboxylic acids is 3. The molecule has 1 aromatic carbocycles. The number of nitriles is 1. The summed E-state index contributed by atoms with van der Waals surface area (Å²) in [5, 5.41) is 15.6. The van der Waals surface area contributed by atoms with E-state index >= 15 is 0 Å². The van der Waals surface area contributed by atoms with E-state index in [4.69, 9.17) is 0 Å². The van der Waals surface area contributed by atoms with E-state index in [-0.39, 0.29) is 23.5 Å². The fourth-order valence-corrected chi connectivity index (χ4v) is 4.13. The number of aromatic amines is 1. The second-order valence-electron chi connectivity index (χ2n) is 9.43. The highest BCUT2D eigenvalue weighted by Gasteiger charge is 2.33. The lowest BCUT2D eigenvalue weighted by Crippen LogP contribution is -2.54. The van der Waals surface area contributed by atoms with Gasteiger partial charge in [-0.1, -0.05) is 43.7 Å². The molecule has 3 N–H and O–H groups in total. The number of aromatic nitrogens is 1. The molecule has 0 spiro atoms. The predicted octanol–water partition coefficient (Wildman–Crippen LogP) is 3.58. The molecule has 2 heterocycles. The lowest BCUT2D eigenvalue weighted by molar-refractivity contribution is -0.139. The first kappa shape index (κ1) is 26.7. The summed E-state index contributed by atoms with van der Waals surface area (Å²) >= 11 is 0. The summed E-state index contributed by atoms with van der Waals surface area (Å²) in [6.07, 6.45) is 6.81. The van der Waals surface area contributed by atoms with Gasteiger partial charge in [-0.2, -0.15) is 5.26 Å². The van der Waals surface area contributed by atoms with Crippen LogP contribution in [-0.2, 0) is 9.59 Å². The van der Waals surface area contributed by atoms with Crippen LogP contribution in [0.2, 0.25) is 0 Å². The van der Waals surface area contributed by atoms with Gasteiger partial charge in [0.1, 0.15) is 30.1 Å². The zero-order valence-corrected chi connectivity index (χ0v) is 20.8. The molecular formula is C27H32FN5O3. The van der Waals surface area contributed by atoms with Crippen molar-refractivity contribution in [2.75, 3.05) is 13.1 Å². The SMILES string of the molecule is C/C1=C/C=C\CNC(=O)CN(C(=O)[C@H](CC(C)C)NC(=O)c2cc3c(F)cccc3[nH]2)[C@H](C#N)CC1. The quantitative estimate of drug-likeness (QED) is 0.590. The second kappa shape index (κ2) is 12.2. The van der Waals surface area contributed by atoms with Crippen LogP contribution in [0.25, 0.3) is 10.9 Å². The fourth-order valence-electron chi connectivity index (χ4n) is 4.13. The van der Waals surface area contributed by atoms with E-state index in [1.807, 2.05) is 39.0 Å². The molecule has 0 unspecified atom stereocenters. The Hall–Kier alpha value is -3.93. The van der Waals surface area contributed by atoms with Crippen molar-refractivity contribution in [2.24, 2.45) is 5.92 Å². The molecule has 1 aliphatic rings. The molecule has 0 saturated heterocycles. The van der Waals surface area contributed by atoms with E-state index in [1.165, 1.54) is 23.1 Å². The largest absolute Gasteiger partial charge is 0.351 e. The van der Waals surface area contributed by atoms with Gasteiger partial charge in [0.25, 0.3) is 5.91 Å². The van der Waals surface area contributed by atoms with Crippen LogP contribution in [0.4, 0.5) is 4.39 Å². The van der Waals surface area contributed by atoms with E-state index in [9.17, 15) is 24.0 Å². The van der Waals surface area contributed by atoms with Crippen LogP contribution >= 0.6 is 0 Å². The molecule has 3 amide bonds. The highest BCUT2D eigenvalue weighted by Crippen LogP contribution is 2.20. The van der Waals surface area contributed by atoms with Gasteiger partial charge in [0.05, 0.1) is 6.07 Å². The molecule has 3 rings (SSSR count). The van der Waals surface area contributed by atoms with E-state index in [2.05, 4.69) is 21.7 Å². The summed E-state index contributed by atoms with van der Waals surface area (Å²) < 4.78 is 14.1. The van der Waals surface area contributed by atoms with Gasteiger partial charge in [0.2, 0.25) is 11.8 Å². The number of rotatable bonds is 5. The van der Waals surface area contributed by atoms with Crippen molar-refractivity contribution in [2.45, 2.75) is 52.1 Å². The van der Waals surface area contributed by atoms with Gasteiger partial charge in [-0.25, -0.2) is 4.39 Å². The number of hydrogen-bond acceptors (Lipinski definition) is 4. The number of benzene rings is 1. The summed E-state index contributed by atoms with van der Waals surface area (Å²) in [7, 11) is 0. The Bertz CT molecular complexity index is 1220. The van der Waals surface area contributed by atoms with E-state index in [0.717, 1.165) is 5.57 Å². The average molecular weight is 494 g/mol. The van der Waals surface area contributed by atoms with Gasteiger partial charge in [-0.15, -0.1) is 0 Å². The maximum absolute atomic E-state index is 14.1. The Kier molecular flexibility index (Phi) is 9.01. The molecule has 8 nitrogen and oxygen atoms in total. The van der Waals surface area contributed by atoms with Gasteiger partial charge < -0.3 is 20.5 Å². The summed E-state index contributed by atoms with van der Waals surface area (Å²) in [4.78, 5) is 43.5. The topological polar surface area (TPSA) is 118 Å². The van der Waals surface area contributed by atoms with Crippen LogP contribution in [0.3, 0.4) is 0 Å². The van der Waals surface area contributed by atoms with Crippen LogP contribution in [-0.4, -0.2) is 52.8 Å². The molecule has 0 fully saturated rings. The zero-order chi connectivity index (χ0) is 26.2. The molecule has 0 aliphatic carbocycles. The van der Waals surface area contributed by atoms with Gasteiger partial charge in [0.15, 0.2) is 0 Å². The maximum atomic E-state index is 14.1. The second-order valence-corrected chi connectivity index (χ2v) is 9.43. The number of nitrogens with zero attached hydrogens (tertiary/aromatic N) is 2. The highest BCUT2D eigenvalue weighted by molar-refractivity contribution is 6.00. The first-order valence-electron chi connectivity index (χ1n) is 12.1. The van der Waals surface area contributed by atoms with E-state index in [1.54, 1.807) is 6.07 Å². The van der Waals surface area contributed by atoms with Crippen molar-refractivity contribution >= 4 is 28.6 Å². The molecule has 2 aromatic rings. The third-order valence-electron chi connectivity index (χ3n) is 6.03. The minimum atomic E-state index is -0.971. The number of H-pyrrole nitrogens is 1. The molecule has 0 bridgehead atoms. The third-order valence-corrected chi connectivity index (χ3v) is 6.03. The van der Waals surface area contributed by atoms with Crippen LogP contribution in [0, 0.1) is 23.1 Å². The molecule has 36 heavy (non-hydrogen) atoms. The van der Waals surface area contributed by atoms with Crippen LogP contribution in [0.1, 0.15) is 50.5 Å². The van der Waals surface area contributed by atoms with Crippen LogP contribution < -0.4 is 10.6 Å². The Morgan fingerprint density at radius 2 is 2.11 bits per heavy atom. The van der Waals surface area contributed by atoms with E-state index in [0.29, 0.717) is 31.3 Å². The Labute approximate surface area is 210 Å². The molecule has 2 atom stereocenters. The number of nitrogens with one attached hydrogen (secondary N) is 3. The highest BCUT2D eigenvalue weighted by atomic mass is 19.1. The zero-order valence-electron chi connectivity index (χ0n) is 20.8. The van der Waals surface area contributed by atoms with Gasteiger partial charge in [-0.3, -0.25) is 14.4 Å². The monoisotopic (exact) mass is 493 g/mol. The lowest BCUT2D eigenvalue weighted by Gasteiger charge is -2.31. The van der Waals surface area contributed by atoms with Crippen LogP contribution in [0.5, 0.6) is 0 Å². The standard InChI is InChI=1S/C27H32FN5O3/c1-17(2)13-24(32-26(35)23-14-20-21(28)8-6-9-22(20)31-23)27(36)33-16-25(34)30-12-5-4-7-18(3)10-11-19(33)15-29/h4-9,14,17,19,24,31H,10-13,16H2,1-3H3,(H,30,34)(H,32,35)/b5-4-,18-7-/t19-,24-/m0/s1. The summed E-state index contributed by atoms with van der Waals surface area (Å²) in [6.45, 7) is 5.77. The van der Waals surface area contributed by atoms with Crippen molar-refractivity contribution < 1.29 is 18.8 Å². The van der Waals surface area contributed by atoms with E-state index < -0.39 is 35.6 Å². The fraction of sp³-hybridized carbons (Fsp3) is 0.407. The molecule has 0 saturated carbocycles. The molecule has 1 aromatic heterocycles. The van der Waals surface area contributed by atoms with Crippen LogP contribution in [0.15, 0.2) is 48.1 Å². The number of allylic oxidation sites excluding steroid dienone is 3. The number of amides is 3. The third kappa shape index (κ3) is 6.81. The maximum Gasteiger partial charge on any atom is 0.268 e. The summed E-state index contributed by atoms with van der Waals surface area (Å²) in [5.41, 5.74) is 1.63. The number of carbonyl (C=O) groups is 3. The average Bonchev–Trinajstić information content (AvgIpc) is 3.27. The first-order chi connectivity index (χ1) is 17.2. The van der Waals surface area contributed by atoms with Crippen molar-refractivity contribution in [3.8, 4) is 6.07 Å². The van der Waals surface area contributed by atoms with Gasteiger partial charge >= 0.3 is 0 Å². The summed E-state index contributed by atoms with van der Waals surface area (Å²) in [6, 6.07) is 6.26. The number of fused-ring (bicyclic) bond motifs is 1. The van der Waals surface area contributed by atoms with Crippen molar-refractivity contribution in [1.29, 1.82) is 5.26 Å².